The van der Waals surface area contributed by atoms with Crippen LogP contribution < -0.4 is 10.6 Å². The van der Waals surface area contributed by atoms with Crippen molar-refractivity contribution >= 4 is 23.5 Å². The van der Waals surface area contributed by atoms with Gasteiger partial charge in [-0.2, -0.15) is 0 Å². The molecule has 2 rings (SSSR count). The number of para-hydroxylation sites is 1. The molecular formula is C22H26N2O4. The summed E-state index contributed by atoms with van der Waals surface area (Å²) in [5.74, 6) is -0.514. The Balaban J connectivity index is 2.04. The molecule has 6 nitrogen and oxygen atoms in total. The molecule has 0 spiro atoms. The number of nitrogens with one attached hydrogen (secondary N) is 2. The number of benzene rings is 2. The molecule has 2 aromatic carbocycles. The summed E-state index contributed by atoms with van der Waals surface area (Å²) in [6, 6.07) is 13.0. The molecule has 0 saturated heterocycles. The topological polar surface area (TPSA) is 84.5 Å². The fourth-order valence-corrected chi connectivity index (χ4v) is 2.52. The van der Waals surface area contributed by atoms with Crippen molar-refractivity contribution in [1.29, 1.82) is 0 Å². The van der Waals surface area contributed by atoms with E-state index in [9.17, 15) is 14.4 Å². The highest BCUT2D eigenvalue weighted by molar-refractivity contribution is 6.08. The first kappa shape index (κ1) is 21.2. The fourth-order valence-electron chi connectivity index (χ4n) is 2.52. The van der Waals surface area contributed by atoms with Gasteiger partial charge in [-0.15, -0.1) is 0 Å². The standard InChI is InChI=1S/C22H26N2O4/c1-4-28-22(27)18-7-5-6-8-19(18)24-21(26)17-11-9-16(10-12-17)20(25)23-14-13-15(2)3/h5-12,15H,4,13-14H2,1-3H3,(H,23,25)(H,24,26). The van der Waals surface area contributed by atoms with E-state index >= 15 is 0 Å². The largest absolute Gasteiger partial charge is 0.462 e. The molecule has 0 radical (unpaired) electrons. The normalized spacial score (nSPS) is 10.4. The predicted octanol–water partition coefficient (Wildman–Crippen LogP) is 3.89. The lowest BCUT2D eigenvalue weighted by atomic mass is 10.1. The molecule has 2 N–H and O–H groups in total. The summed E-state index contributed by atoms with van der Waals surface area (Å²) in [5.41, 5.74) is 1.55. The van der Waals surface area contributed by atoms with Gasteiger partial charge in [-0.25, -0.2) is 4.79 Å². The Morgan fingerprint density at radius 1 is 0.929 bits per heavy atom. The van der Waals surface area contributed by atoms with E-state index in [0.717, 1.165) is 6.42 Å². The van der Waals surface area contributed by atoms with Gasteiger partial charge in [-0.1, -0.05) is 26.0 Å². The third-order valence-electron chi connectivity index (χ3n) is 4.09. The number of carbonyl (C=O) groups excluding carboxylic acids is 3. The van der Waals surface area contributed by atoms with Crippen LogP contribution in [0.3, 0.4) is 0 Å². The van der Waals surface area contributed by atoms with Gasteiger partial charge >= 0.3 is 5.97 Å². The predicted molar refractivity (Wildman–Crippen MR) is 109 cm³/mol. The number of ether oxygens (including phenoxy) is 1. The third kappa shape index (κ3) is 5.94. The van der Waals surface area contributed by atoms with E-state index in [0.29, 0.717) is 34.8 Å². The molecule has 148 valence electrons. The van der Waals surface area contributed by atoms with Crippen LogP contribution in [0.25, 0.3) is 0 Å². The van der Waals surface area contributed by atoms with Gasteiger partial charge in [0.05, 0.1) is 17.9 Å². The number of anilines is 1. The van der Waals surface area contributed by atoms with Crippen LogP contribution in [-0.2, 0) is 4.74 Å². The SMILES string of the molecule is CCOC(=O)c1ccccc1NC(=O)c1ccc(C(=O)NCCC(C)C)cc1. The van der Waals surface area contributed by atoms with Crippen molar-refractivity contribution in [2.24, 2.45) is 5.92 Å². The van der Waals surface area contributed by atoms with Crippen molar-refractivity contribution in [3.05, 3.63) is 65.2 Å². The molecule has 0 heterocycles. The third-order valence-corrected chi connectivity index (χ3v) is 4.09. The molecule has 2 aromatic rings. The second-order valence-corrected chi connectivity index (χ2v) is 6.74. The highest BCUT2D eigenvalue weighted by Crippen LogP contribution is 2.17. The number of esters is 1. The van der Waals surface area contributed by atoms with Crippen LogP contribution in [0.1, 0.15) is 58.3 Å². The molecule has 6 heteroatoms. The van der Waals surface area contributed by atoms with Crippen LogP contribution in [0.5, 0.6) is 0 Å². The lowest BCUT2D eigenvalue weighted by molar-refractivity contribution is 0.0527. The summed E-state index contributed by atoms with van der Waals surface area (Å²) in [6.45, 7) is 6.78. The number of hydrogen-bond donors (Lipinski definition) is 2. The van der Waals surface area contributed by atoms with Gasteiger partial charge in [0.15, 0.2) is 0 Å². The zero-order valence-electron chi connectivity index (χ0n) is 16.5. The van der Waals surface area contributed by atoms with E-state index in [1.807, 2.05) is 0 Å². The summed E-state index contributed by atoms with van der Waals surface area (Å²) < 4.78 is 5.01. The highest BCUT2D eigenvalue weighted by Gasteiger charge is 2.15. The van der Waals surface area contributed by atoms with Gasteiger partial charge in [0, 0.05) is 17.7 Å². The van der Waals surface area contributed by atoms with E-state index in [4.69, 9.17) is 4.74 Å². The maximum atomic E-state index is 12.5. The lowest BCUT2D eigenvalue weighted by Crippen LogP contribution is -2.25. The Hall–Kier alpha value is -3.15. The fraction of sp³-hybridized carbons (Fsp3) is 0.318. The lowest BCUT2D eigenvalue weighted by Gasteiger charge is -2.11. The van der Waals surface area contributed by atoms with Gasteiger partial charge in [0.2, 0.25) is 0 Å². The first-order valence-electron chi connectivity index (χ1n) is 9.38. The Labute approximate surface area is 165 Å². The van der Waals surface area contributed by atoms with E-state index < -0.39 is 5.97 Å². The summed E-state index contributed by atoms with van der Waals surface area (Å²) in [7, 11) is 0. The van der Waals surface area contributed by atoms with Crippen molar-refractivity contribution < 1.29 is 19.1 Å². The van der Waals surface area contributed by atoms with Crippen LogP contribution in [-0.4, -0.2) is 30.9 Å². The Kier molecular flexibility index (Phi) is 7.75. The molecule has 0 atom stereocenters. The Morgan fingerprint density at radius 3 is 2.14 bits per heavy atom. The molecule has 0 aromatic heterocycles. The smallest absolute Gasteiger partial charge is 0.340 e. The second-order valence-electron chi connectivity index (χ2n) is 6.74. The first-order chi connectivity index (χ1) is 13.4. The van der Waals surface area contributed by atoms with Gasteiger partial charge < -0.3 is 15.4 Å². The van der Waals surface area contributed by atoms with Crippen LogP contribution in [0.2, 0.25) is 0 Å². The summed E-state index contributed by atoms with van der Waals surface area (Å²) >= 11 is 0. The minimum absolute atomic E-state index is 0.166. The summed E-state index contributed by atoms with van der Waals surface area (Å²) in [6.07, 6.45) is 0.909. The summed E-state index contributed by atoms with van der Waals surface area (Å²) in [4.78, 5) is 36.6. The number of rotatable bonds is 8. The minimum atomic E-state index is -0.494. The first-order valence-corrected chi connectivity index (χ1v) is 9.38. The molecule has 28 heavy (non-hydrogen) atoms. The van der Waals surface area contributed by atoms with Crippen LogP contribution >= 0.6 is 0 Å². The quantitative estimate of drug-likeness (QED) is 0.679. The molecule has 0 saturated carbocycles. The number of hydrogen-bond acceptors (Lipinski definition) is 4. The van der Waals surface area contributed by atoms with Crippen molar-refractivity contribution in [1.82, 2.24) is 5.32 Å². The molecular weight excluding hydrogens is 356 g/mol. The van der Waals surface area contributed by atoms with Crippen molar-refractivity contribution in [2.75, 3.05) is 18.5 Å². The summed E-state index contributed by atoms with van der Waals surface area (Å²) in [5, 5.41) is 5.58. The van der Waals surface area contributed by atoms with E-state index in [1.54, 1.807) is 55.5 Å². The Morgan fingerprint density at radius 2 is 1.54 bits per heavy atom. The van der Waals surface area contributed by atoms with Crippen LogP contribution in [0.4, 0.5) is 5.69 Å². The van der Waals surface area contributed by atoms with Gasteiger partial charge in [0.1, 0.15) is 0 Å². The maximum absolute atomic E-state index is 12.5. The molecule has 0 aliphatic rings. The van der Waals surface area contributed by atoms with Gasteiger partial charge in [0.25, 0.3) is 11.8 Å². The second kappa shape index (κ2) is 10.3. The average molecular weight is 382 g/mol. The average Bonchev–Trinajstić information content (AvgIpc) is 2.68. The number of carbonyl (C=O) groups is 3. The molecule has 2 amide bonds. The zero-order chi connectivity index (χ0) is 20.5. The Bertz CT molecular complexity index is 829. The van der Waals surface area contributed by atoms with Crippen molar-refractivity contribution in [3.8, 4) is 0 Å². The van der Waals surface area contributed by atoms with E-state index in [1.165, 1.54) is 0 Å². The van der Waals surface area contributed by atoms with Gasteiger partial charge in [-0.05, 0) is 55.7 Å². The molecule has 0 fully saturated rings. The van der Waals surface area contributed by atoms with Crippen LogP contribution in [0.15, 0.2) is 48.5 Å². The minimum Gasteiger partial charge on any atom is -0.462 e. The molecule has 0 bridgehead atoms. The number of amides is 2. The molecule has 0 aliphatic heterocycles. The van der Waals surface area contributed by atoms with E-state index in [-0.39, 0.29) is 18.4 Å². The molecule has 0 aliphatic carbocycles. The zero-order valence-corrected chi connectivity index (χ0v) is 16.5. The van der Waals surface area contributed by atoms with E-state index in [2.05, 4.69) is 24.5 Å². The monoisotopic (exact) mass is 382 g/mol. The highest BCUT2D eigenvalue weighted by atomic mass is 16.5. The van der Waals surface area contributed by atoms with Crippen molar-refractivity contribution in [2.45, 2.75) is 27.2 Å². The van der Waals surface area contributed by atoms with Gasteiger partial charge in [-0.3, -0.25) is 9.59 Å². The molecule has 0 unspecified atom stereocenters. The van der Waals surface area contributed by atoms with Crippen LogP contribution in [0, 0.1) is 5.92 Å². The van der Waals surface area contributed by atoms with Crippen molar-refractivity contribution in [3.63, 3.8) is 0 Å². The maximum Gasteiger partial charge on any atom is 0.340 e.